The average molecular weight is 1910 g/mol. The molecule has 9 heterocycles. The summed E-state index contributed by atoms with van der Waals surface area (Å²) in [5.74, 6) is 0. The number of para-hydroxylation sites is 12. The summed E-state index contributed by atoms with van der Waals surface area (Å²) in [5.41, 5.74) is 42.1. The number of hydrogen-bond acceptors (Lipinski definition) is 3. The minimum atomic E-state index is 0.958. The van der Waals surface area contributed by atoms with Crippen LogP contribution in [-0.2, 0) is 0 Å². The first-order valence-electron chi connectivity index (χ1n) is 51.1. The molecule has 0 atom stereocenters. The van der Waals surface area contributed by atoms with Gasteiger partial charge in [0.15, 0.2) is 0 Å². The van der Waals surface area contributed by atoms with E-state index in [4.69, 9.17) is 4.98 Å². The van der Waals surface area contributed by atoms with E-state index in [2.05, 4.69) is 559 Å². The van der Waals surface area contributed by atoms with Crippen molar-refractivity contribution >= 4 is 131 Å². The van der Waals surface area contributed by atoms with Gasteiger partial charge >= 0.3 is 0 Å². The number of nitrogens with zero attached hydrogens (tertiary/aromatic N) is 9. The van der Waals surface area contributed by atoms with Crippen molar-refractivity contribution < 1.29 is 0 Å². The Morgan fingerprint density at radius 1 is 0.113 bits per heavy atom. The van der Waals surface area contributed by atoms with Crippen LogP contribution in [0.25, 0.3) is 265 Å². The standard InChI is InChI=1S/3C47H31N3/c1-5-16-44-39(11-1)40-12-2-6-17-45(40)49(44)37-24-20-32(21-25-37)34-29-35(31-36(30-34)43-15-9-10-28-48-43)33-22-26-38(27-23-33)50-46-18-7-3-13-41(46)42-14-4-8-19-47(42)50;1-5-15-44-40(11-1)41-12-2-6-16-45(41)49(44)38-23-19-32(20-24-38)35-28-36(30-37(29-35)34-10-9-27-48-31-34)33-21-25-39(26-22-33)50-46-17-7-3-13-42(46)43-14-4-8-18-47(43)50;1-5-13-44-40(9-1)41-10-2-6-14-45(41)49(44)38-21-17-32(18-22-38)35-29-36(31-37(30-35)34-25-27-48-28-26-34)33-19-23-39(24-20-33)50-46-15-7-3-11-42(46)43-12-4-8-16-47(43)50/h3*1-31H. The van der Waals surface area contributed by atoms with Crippen LogP contribution in [0.2, 0.25) is 0 Å². The molecule has 0 unspecified atom stereocenters. The van der Waals surface area contributed by atoms with E-state index < -0.39 is 0 Å². The molecule has 30 rings (SSSR count). The van der Waals surface area contributed by atoms with Gasteiger partial charge in [-0.25, -0.2) is 0 Å². The summed E-state index contributed by atoms with van der Waals surface area (Å²) in [5, 5.41) is 15.2. The fourth-order valence-electron chi connectivity index (χ4n) is 23.0. The summed E-state index contributed by atoms with van der Waals surface area (Å²) >= 11 is 0. The van der Waals surface area contributed by atoms with Crippen molar-refractivity contribution in [3.05, 3.63) is 565 Å². The van der Waals surface area contributed by atoms with Gasteiger partial charge in [0.1, 0.15) is 0 Å². The molecule has 9 aromatic heterocycles. The third-order valence-corrected chi connectivity index (χ3v) is 30.0. The topological polar surface area (TPSA) is 68.2 Å². The second kappa shape index (κ2) is 37.2. The molecule has 0 saturated heterocycles. The molecule has 0 aliphatic rings. The highest BCUT2D eigenvalue weighted by molar-refractivity contribution is 6.15. The SMILES string of the molecule is c1ccc(-c2cc(-c3ccc(-n4c5ccccc5c5ccccc54)cc3)cc(-c3ccc(-n4c5ccccc5c5ccccc54)cc3)c2)nc1.c1ccc2c(c1)c1ccccc1n2-c1ccc(-c2cc(-c3ccncc3)cc(-c3ccc(-n4c5ccccc5c5ccccc54)cc3)c2)cc1.c1cncc(-c2cc(-c3ccc(-n4c5ccccc5c5ccccc54)cc3)cc(-c3ccc(-n4c5ccccc5c5ccccc54)cc3)c2)c1. The van der Waals surface area contributed by atoms with Gasteiger partial charge in [0, 0.05) is 141 Å². The van der Waals surface area contributed by atoms with E-state index in [0.29, 0.717) is 0 Å². The molecule has 0 aliphatic heterocycles. The maximum Gasteiger partial charge on any atom is 0.0702 e. The molecule has 0 aliphatic carbocycles. The van der Waals surface area contributed by atoms with Gasteiger partial charge in [-0.3, -0.25) is 15.0 Å². The number of pyridine rings is 3. The molecule has 0 bridgehead atoms. The van der Waals surface area contributed by atoms with Crippen molar-refractivity contribution in [2.24, 2.45) is 0 Å². The Morgan fingerprint density at radius 2 is 0.293 bits per heavy atom. The van der Waals surface area contributed by atoms with E-state index in [0.717, 1.165) is 89.9 Å². The Morgan fingerprint density at radius 3 is 0.480 bits per heavy atom. The van der Waals surface area contributed by atoms with Gasteiger partial charge in [-0.2, -0.15) is 0 Å². The van der Waals surface area contributed by atoms with E-state index in [-0.39, 0.29) is 0 Å². The Bertz CT molecular complexity index is 8620. The van der Waals surface area contributed by atoms with Crippen LogP contribution in [0.1, 0.15) is 0 Å². The first-order valence-corrected chi connectivity index (χ1v) is 51.1. The summed E-state index contributed by atoms with van der Waals surface area (Å²) in [4.78, 5) is 13.4. The lowest BCUT2D eigenvalue weighted by Gasteiger charge is -2.14. The van der Waals surface area contributed by atoms with Crippen molar-refractivity contribution in [1.29, 1.82) is 0 Å². The highest BCUT2D eigenvalue weighted by Crippen LogP contribution is 2.45. The molecule has 0 spiro atoms. The smallest absolute Gasteiger partial charge is 0.0702 e. The Balaban J connectivity index is 0.000000108. The molecule has 0 N–H and O–H groups in total. The number of benzene rings is 21. The van der Waals surface area contributed by atoms with E-state index in [1.54, 1.807) is 0 Å². The van der Waals surface area contributed by atoms with Crippen LogP contribution < -0.4 is 0 Å². The predicted octanol–water partition coefficient (Wildman–Crippen LogP) is 36.8. The maximum atomic E-state index is 4.72. The molecule has 0 radical (unpaired) electrons. The monoisotopic (exact) mass is 1910 g/mol. The summed E-state index contributed by atoms with van der Waals surface area (Å²) in [6, 6.07) is 193. The van der Waals surface area contributed by atoms with Gasteiger partial charge in [-0.05, 0) is 314 Å². The number of aromatic nitrogens is 9. The highest BCUT2D eigenvalue weighted by atomic mass is 15.0. The van der Waals surface area contributed by atoms with Crippen LogP contribution in [0.4, 0.5) is 0 Å². The molecule has 9 nitrogen and oxygen atoms in total. The molecular formula is C141H93N9. The van der Waals surface area contributed by atoms with Crippen LogP contribution >= 0.6 is 0 Å². The number of rotatable bonds is 15. The van der Waals surface area contributed by atoms with Crippen LogP contribution in [0.3, 0.4) is 0 Å². The zero-order chi connectivity index (χ0) is 99.1. The summed E-state index contributed by atoms with van der Waals surface area (Å²) < 4.78 is 14.2. The van der Waals surface area contributed by atoms with Gasteiger partial charge in [0.2, 0.25) is 0 Å². The van der Waals surface area contributed by atoms with E-state index in [1.165, 1.54) is 175 Å². The highest BCUT2D eigenvalue weighted by Gasteiger charge is 2.23. The van der Waals surface area contributed by atoms with Crippen LogP contribution in [0.5, 0.6) is 0 Å². The van der Waals surface area contributed by atoms with Crippen molar-refractivity contribution in [1.82, 2.24) is 42.4 Å². The maximum absolute atomic E-state index is 4.72. The average Bonchev–Trinajstić information content (AvgIpc) is 1.61. The minimum Gasteiger partial charge on any atom is -0.309 e. The second-order valence-corrected chi connectivity index (χ2v) is 38.6. The van der Waals surface area contributed by atoms with Gasteiger partial charge in [0.25, 0.3) is 0 Å². The van der Waals surface area contributed by atoms with E-state index in [1.807, 2.05) is 43.1 Å². The fourth-order valence-corrected chi connectivity index (χ4v) is 23.0. The largest absolute Gasteiger partial charge is 0.309 e. The number of hydrogen-bond donors (Lipinski definition) is 0. The van der Waals surface area contributed by atoms with Gasteiger partial charge in [-0.1, -0.05) is 303 Å². The normalized spacial score (nSPS) is 11.6. The summed E-state index contributed by atoms with van der Waals surface area (Å²) in [7, 11) is 0. The zero-order valence-corrected chi connectivity index (χ0v) is 81.7. The van der Waals surface area contributed by atoms with Crippen molar-refractivity contribution in [2.75, 3.05) is 0 Å². The molecule has 702 valence electrons. The van der Waals surface area contributed by atoms with Gasteiger partial charge < -0.3 is 27.4 Å². The van der Waals surface area contributed by atoms with Gasteiger partial charge in [-0.15, -0.1) is 0 Å². The summed E-state index contributed by atoms with van der Waals surface area (Å²) in [6.45, 7) is 0. The molecule has 0 saturated carbocycles. The summed E-state index contributed by atoms with van der Waals surface area (Å²) in [6.07, 6.45) is 9.36. The third kappa shape index (κ3) is 15.5. The quantitative estimate of drug-likeness (QED) is 0.103. The third-order valence-electron chi connectivity index (χ3n) is 30.0. The lowest BCUT2D eigenvalue weighted by atomic mass is 9.93. The first kappa shape index (κ1) is 87.6. The fraction of sp³-hybridized carbons (Fsp3) is 0. The van der Waals surface area contributed by atoms with Crippen LogP contribution in [0, 0.1) is 0 Å². The van der Waals surface area contributed by atoms with E-state index in [9.17, 15) is 0 Å². The van der Waals surface area contributed by atoms with Crippen molar-refractivity contribution in [3.8, 4) is 134 Å². The lowest BCUT2D eigenvalue weighted by molar-refractivity contribution is 1.18. The molecule has 21 aromatic carbocycles. The predicted molar refractivity (Wildman–Crippen MR) is 628 cm³/mol. The lowest BCUT2D eigenvalue weighted by Crippen LogP contribution is -1.94. The number of fused-ring (bicyclic) bond motifs is 18. The van der Waals surface area contributed by atoms with Crippen molar-refractivity contribution in [2.45, 2.75) is 0 Å². The molecule has 30 aromatic rings. The Hall–Kier alpha value is -20.1. The second-order valence-electron chi connectivity index (χ2n) is 38.6. The molecule has 9 heteroatoms. The molecular weight excluding hydrogens is 1820 g/mol. The molecule has 150 heavy (non-hydrogen) atoms. The van der Waals surface area contributed by atoms with E-state index >= 15 is 0 Å². The van der Waals surface area contributed by atoms with Crippen LogP contribution in [0.15, 0.2) is 565 Å². The van der Waals surface area contributed by atoms with Crippen molar-refractivity contribution in [3.63, 3.8) is 0 Å². The first-order chi connectivity index (χ1) is 74.4. The molecule has 0 amide bonds. The Labute approximate surface area is 866 Å². The zero-order valence-electron chi connectivity index (χ0n) is 81.7. The minimum absolute atomic E-state index is 0.958. The Kier molecular flexibility index (Phi) is 21.8. The van der Waals surface area contributed by atoms with Crippen LogP contribution in [-0.4, -0.2) is 42.4 Å². The molecule has 0 fully saturated rings. The van der Waals surface area contributed by atoms with Gasteiger partial charge in [0.05, 0.1) is 71.9 Å².